The number of para-hydroxylation sites is 1. The number of rotatable bonds is 8. The number of carbonyl (C=O) groups is 2. The summed E-state index contributed by atoms with van der Waals surface area (Å²) in [6.45, 7) is 0.596. The highest BCUT2D eigenvalue weighted by molar-refractivity contribution is 14.1. The Morgan fingerprint density at radius 3 is 2.38 bits per heavy atom. The number of nitrogens with zero attached hydrogens (tertiary/aromatic N) is 2. The van der Waals surface area contributed by atoms with Gasteiger partial charge in [-0.15, -0.1) is 0 Å². The molecule has 0 atom stereocenters. The second-order valence-corrected chi connectivity index (χ2v) is 11.7. The van der Waals surface area contributed by atoms with Crippen molar-refractivity contribution in [2.45, 2.75) is 13.2 Å². The molecule has 2 heterocycles. The molecule has 1 aliphatic heterocycles. The quantitative estimate of drug-likeness (QED) is 0.147. The maximum Gasteiger partial charge on any atom is 0.335 e. The Labute approximate surface area is 256 Å². The van der Waals surface area contributed by atoms with Gasteiger partial charge in [-0.3, -0.25) is 9.69 Å². The lowest BCUT2D eigenvalue weighted by atomic mass is 10.1. The second-order valence-electron chi connectivity index (χ2n) is 8.42. The van der Waals surface area contributed by atoms with Crippen molar-refractivity contribution in [1.29, 1.82) is 0 Å². The lowest BCUT2D eigenvalue weighted by Gasteiger charge is -2.14. The number of carboxylic acids is 1. The minimum Gasteiger partial charge on any atom is -0.487 e. The van der Waals surface area contributed by atoms with Gasteiger partial charge in [0, 0.05) is 0 Å². The van der Waals surface area contributed by atoms with Crippen molar-refractivity contribution in [3.63, 3.8) is 0 Å². The SMILES string of the molecule is O=C(O)c1ccc(COc2c(I)cc(C=C3SC(=Nc4ccccc4)N(Cc4ccco4)C3=O)cc2I)cc1. The zero-order valence-corrected chi connectivity index (χ0v) is 25.3. The first-order valence-electron chi connectivity index (χ1n) is 11.7. The van der Waals surface area contributed by atoms with E-state index in [4.69, 9.17) is 19.3 Å². The van der Waals surface area contributed by atoms with Crippen molar-refractivity contribution in [3.05, 3.63) is 120 Å². The van der Waals surface area contributed by atoms with E-state index in [2.05, 4.69) is 45.2 Å². The molecule has 0 unspecified atom stereocenters. The van der Waals surface area contributed by atoms with Gasteiger partial charge in [0.15, 0.2) is 5.17 Å². The summed E-state index contributed by atoms with van der Waals surface area (Å²) in [5.74, 6) is 0.310. The monoisotopic (exact) mass is 762 g/mol. The Hall–Kier alpha value is -3.10. The minimum atomic E-state index is -0.960. The summed E-state index contributed by atoms with van der Waals surface area (Å²) in [7, 11) is 0. The number of halogens is 2. The van der Waals surface area contributed by atoms with Crippen molar-refractivity contribution < 1.29 is 23.8 Å². The average Bonchev–Trinajstić information content (AvgIpc) is 3.53. The lowest BCUT2D eigenvalue weighted by Crippen LogP contribution is -2.28. The van der Waals surface area contributed by atoms with Crippen molar-refractivity contribution in [3.8, 4) is 5.75 Å². The van der Waals surface area contributed by atoms with Crippen LogP contribution in [0.25, 0.3) is 6.08 Å². The molecule has 196 valence electrons. The Balaban J connectivity index is 1.37. The number of aromatic carboxylic acids is 1. The van der Waals surface area contributed by atoms with Gasteiger partial charge in [0.1, 0.15) is 18.1 Å². The molecule has 5 rings (SSSR count). The predicted octanol–water partition coefficient (Wildman–Crippen LogP) is 7.57. The third-order valence-electron chi connectivity index (χ3n) is 5.67. The van der Waals surface area contributed by atoms with Gasteiger partial charge in [-0.05, 0) is 123 Å². The van der Waals surface area contributed by atoms with Crippen LogP contribution < -0.4 is 4.74 Å². The number of amides is 1. The van der Waals surface area contributed by atoms with Gasteiger partial charge < -0.3 is 14.3 Å². The van der Waals surface area contributed by atoms with E-state index in [9.17, 15) is 9.59 Å². The van der Waals surface area contributed by atoms with Crippen molar-refractivity contribution in [1.82, 2.24) is 4.90 Å². The number of furan rings is 1. The topological polar surface area (TPSA) is 92.3 Å². The Kier molecular flexibility index (Phi) is 8.72. The van der Waals surface area contributed by atoms with Gasteiger partial charge in [0.25, 0.3) is 5.91 Å². The maximum atomic E-state index is 13.4. The Morgan fingerprint density at radius 1 is 1.03 bits per heavy atom. The molecular weight excluding hydrogens is 742 g/mol. The minimum absolute atomic E-state index is 0.138. The third-order valence-corrected chi connectivity index (χ3v) is 8.27. The van der Waals surface area contributed by atoms with Crippen LogP contribution in [0.2, 0.25) is 0 Å². The van der Waals surface area contributed by atoms with Crippen LogP contribution in [0.1, 0.15) is 27.2 Å². The van der Waals surface area contributed by atoms with E-state index in [-0.39, 0.29) is 18.0 Å². The number of carbonyl (C=O) groups excluding carboxylic acids is 1. The van der Waals surface area contributed by atoms with Gasteiger partial charge in [-0.2, -0.15) is 0 Å². The molecule has 4 aromatic rings. The molecule has 1 amide bonds. The van der Waals surface area contributed by atoms with E-state index in [1.807, 2.05) is 54.6 Å². The van der Waals surface area contributed by atoms with Gasteiger partial charge in [0.05, 0.1) is 36.1 Å². The van der Waals surface area contributed by atoms with Gasteiger partial charge in [0.2, 0.25) is 0 Å². The van der Waals surface area contributed by atoms with Crippen LogP contribution in [0, 0.1) is 7.14 Å². The summed E-state index contributed by atoms with van der Waals surface area (Å²) < 4.78 is 13.4. The highest BCUT2D eigenvalue weighted by Gasteiger charge is 2.34. The molecule has 10 heteroatoms. The molecular formula is C29H20I2N2O5S. The normalized spacial score (nSPS) is 15.3. The molecule has 0 saturated carbocycles. The number of carboxylic acid groups (broad SMARTS) is 1. The van der Waals surface area contributed by atoms with E-state index in [0.717, 1.165) is 29.7 Å². The molecule has 0 bridgehead atoms. The molecule has 1 saturated heterocycles. The number of amidine groups is 1. The molecule has 1 aromatic heterocycles. The largest absolute Gasteiger partial charge is 0.487 e. The summed E-state index contributed by atoms with van der Waals surface area (Å²) >= 11 is 5.78. The number of thioether (sulfide) groups is 1. The average molecular weight is 762 g/mol. The first kappa shape index (κ1) is 27.5. The predicted molar refractivity (Wildman–Crippen MR) is 168 cm³/mol. The van der Waals surface area contributed by atoms with Gasteiger partial charge in [-0.25, -0.2) is 9.79 Å². The fourth-order valence-corrected chi connectivity index (χ4v) is 6.88. The smallest absolute Gasteiger partial charge is 0.335 e. The Morgan fingerprint density at radius 2 is 1.74 bits per heavy atom. The van der Waals surface area contributed by atoms with Crippen LogP contribution in [0.4, 0.5) is 5.69 Å². The molecule has 7 nitrogen and oxygen atoms in total. The lowest BCUT2D eigenvalue weighted by molar-refractivity contribution is -0.122. The zero-order chi connectivity index (χ0) is 27.4. The number of benzene rings is 3. The number of aliphatic imine (C=N–C) groups is 1. The number of ether oxygens (including phenoxy) is 1. The van der Waals surface area contributed by atoms with E-state index < -0.39 is 5.97 Å². The van der Waals surface area contributed by atoms with Crippen LogP contribution in [0.5, 0.6) is 5.75 Å². The van der Waals surface area contributed by atoms with E-state index in [0.29, 0.717) is 22.4 Å². The van der Waals surface area contributed by atoms with E-state index in [1.165, 1.54) is 11.8 Å². The summed E-state index contributed by atoms with van der Waals surface area (Å²) in [5.41, 5.74) is 2.74. The van der Waals surface area contributed by atoms with Crippen molar-refractivity contribution in [2.75, 3.05) is 0 Å². The van der Waals surface area contributed by atoms with Gasteiger partial charge in [-0.1, -0.05) is 30.3 Å². The van der Waals surface area contributed by atoms with E-state index >= 15 is 0 Å². The van der Waals surface area contributed by atoms with Gasteiger partial charge >= 0.3 is 5.97 Å². The zero-order valence-electron chi connectivity index (χ0n) is 20.2. The summed E-state index contributed by atoms with van der Waals surface area (Å²) in [5, 5.41) is 9.67. The molecule has 0 radical (unpaired) electrons. The molecule has 0 spiro atoms. The van der Waals surface area contributed by atoms with Crippen LogP contribution >= 0.6 is 56.9 Å². The number of hydrogen-bond acceptors (Lipinski definition) is 6. The van der Waals surface area contributed by atoms with Crippen molar-refractivity contribution >= 4 is 85.8 Å². The molecule has 1 aliphatic rings. The molecule has 1 fully saturated rings. The fraction of sp³-hybridized carbons (Fsp3) is 0.0690. The van der Waals surface area contributed by atoms with E-state index in [1.54, 1.807) is 41.5 Å². The number of hydrogen-bond donors (Lipinski definition) is 1. The first-order chi connectivity index (χ1) is 18.9. The highest BCUT2D eigenvalue weighted by Crippen LogP contribution is 2.37. The molecule has 3 aromatic carbocycles. The maximum absolute atomic E-state index is 13.4. The summed E-state index contributed by atoms with van der Waals surface area (Å²) in [6.07, 6.45) is 3.46. The third kappa shape index (κ3) is 6.73. The van der Waals surface area contributed by atoms with Crippen molar-refractivity contribution in [2.24, 2.45) is 4.99 Å². The Bertz CT molecular complexity index is 1550. The second kappa shape index (κ2) is 12.4. The van der Waals surface area contributed by atoms with Crippen LogP contribution in [-0.2, 0) is 17.9 Å². The standard InChI is InChI=1S/C29H20I2N2O5S/c30-23-13-19(14-24(31)26(23)38-17-18-8-10-20(11-9-18)28(35)36)15-25-27(34)33(16-22-7-4-12-37-22)29(39-25)32-21-5-2-1-3-6-21/h1-15H,16-17H2,(H,35,36). The fourth-order valence-electron chi connectivity index (χ4n) is 3.75. The summed E-state index contributed by atoms with van der Waals surface area (Å²) in [6, 6.07) is 23.7. The molecule has 0 aliphatic carbocycles. The van der Waals surface area contributed by atoms with Crippen LogP contribution in [0.15, 0.2) is 99.4 Å². The molecule has 1 N–H and O–H groups in total. The van der Waals surface area contributed by atoms with Crippen LogP contribution in [0.3, 0.4) is 0 Å². The molecule has 39 heavy (non-hydrogen) atoms. The highest BCUT2D eigenvalue weighted by atomic mass is 127. The summed E-state index contributed by atoms with van der Waals surface area (Å²) in [4.78, 5) is 31.4. The van der Waals surface area contributed by atoms with Crippen LogP contribution in [-0.4, -0.2) is 27.1 Å². The first-order valence-corrected chi connectivity index (χ1v) is 14.7.